The number of hydrogen-bond acceptors (Lipinski definition) is 1. The van der Waals surface area contributed by atoms with Gasteiger partial charge in [-0.25, -0.2) is 4.39 Å². The highest BCUT2D eigenvalue weighted by Crippen LogP contribution is 2.27. The zero-order valence-corrected chi connectivity index (χ0v) is 12.5. The van der Waals surface area contributed by atoms with Crippen molar-refractivity contribution in [2.45, 2.75) is 25.8 Å². The van der Waals surface area contributed by atoms with Crippen LogP contribution in [-0.2, 0) is 6.42 Å². The van der Waals surface area contributed by atoms with Gasteiger partial charge in [-0.2, -0.15) is 0 Å². The lowest BCUT2D eigenvalue weighted by molar-refractivity contribution is 0.541. The third kappa shape index (κ3) is 3.59. The van der Waals surface area contributed by atoms with Crippen molar-refractivity contribution in [2.75, 3.05) is 7.05 Å². The Kier molecular flexibility index (Phi) is 5.16. The van der Waals surface area contributed by atoms with Crippen LogP contribution in [-0.4, -0.2) is 7.05 Å². The molecular formula is C17H19ClFN. The van der Waals surface area contributed by atoms with Gasteiger partial charge in [0.25, 0.3) is 0 Å². The van der Waals surface area contributed by atoms with Gasteiger partial charge in [0, 0.05) is 11.1 Å². The molecule has 0 spiro atoms. The van der Waals surface area contributed by atoms with E-state index in [-0.39, 0.29) is 11.9 Å². The molecule has 0 aliphatic heterocycles. The molecule has 0 aliphatic carbocycles. The van der Waals surface area contributed by atoms with E-state index in [0.717, 1.165) is 18.4 Å². The van der Waals surface area contributed by atoms with Crippen LogP contribution in [0.25, 0.3) is 0 Å². The fraction of sp³-hybridized carbons (Fsp3) is 0.294. The number of aryl methyl sites for hydroxylation is 2. The van der Waals surface area contributed by atoms with Crippen molar-refractivity contribution in [1.29, 1.82) is 0 Å². The Morgan fingerprint density at radius 2 is 1.95 bits per heavy atom. The summed E-state index contributed by atoms with van der Waals surface area (Å²) in [6, 6.07) is 12.9. The molecule has 0 heterocycles. The van der Waals surface area contributed by atoms with E-state index in [1.165, 1.54) is 23.3 Å². The minimum atomic E-state index is -0.249. The predicted octanol–water partition coefficient (Wildman–Crippen LogP) is 4.68. The highest BCUT2D eigenvalue weighted by Gasteiger charge is 2.14. The lowest BCUT2D eigenvalue weighted by Gasteiger charge is -2.18. The lowest BCUT2D eigenvalue weighted by Crippen LogP contribution is -2.18. The number of benzene rings is 2. The maximum absolute atomic E-state index is 13.4. The Hall–Kier alpha value is -1.38. The van der Waals surface area contributed by atoms with Crippen molar-refractivity contribution in [2.24, 2.45) is 0 Å². The number of halogens is 2. The molecule has 20 heavy (non-hydrogen) atoms. The second-order valence-corrected chi connectivity index (χ2v) is 5.38. The summed E-state index contributed by atoms with van der Waals surface area (Å²) in [4.78, 5) is 0. The molecule has 2 aromatic carbocycles. The molecule has 106 valence electrons. The summed E-state index contributed by atoms with van der Waals surface area (Å²) >= 11 is 6.18. The molecule has 2 rings (SSSR count). The van der Waals surface area contributed by atoms with Gasteiger partial charge in [-0.3, -0.25) is 0 Å². The Morgan fingerprint density at radius 3 is 2.65 bits per heavy atom. The van der Waals surface area contributed by atoms with E-state index in [2.05, 4.69) is 24.4 Å². The van der Waals surface area contributed by atoms with Crippen LogP contribution in [0.1, 0.15) is 29.2 Å². The Bertz CT molecular complexity index is 583. The van der Waals surface area contributed by atoms with Crippen molar-refractivity contribution in [1.82, 2.24) is 5.32 Å². The van der Waals surface area contributed by atoms with Crippen LogP contribution >= 0.6 is 11.6 Å². The van der Waals surface area contributed by atoms with Gasteiger partial charge in [0.2, 0.25) is 0 Å². The normalized spacial score (nSPS) is 12.4. The molecule has 1 unspecified atom stereocenters. The van der Waals surface area contributed by atoms with E-state index in [9.17, 15) is 4.39 Å². The first-order chi connectivity index (χ1) is 9.61. The molecule has 0 amide bonds. The second-order valence-electron chi connectivity index (χ2n) is 4.97. The quantitative estimate of drug-likeness (QED) is 0.843. The summed E-state index contributed by atoms with van der Waals surface area (Å²) in [6.45, 7) is 2.11. The van der Waals surface area contributed by atoms with Gasteiger partial charge in [0.05, 0.1) is 0 Å². The van der Waals surface area contributed by atoms with Crippen LogP contribution in [0.2, 0.25) is 5.02 Å². The van der Waals surface area contributed by atoms with Crippen LogP contribution in [0.15, 0.2) is 42.5 Å². The van der Waals surface area contributed by atoms with Crippen molar-refractivity contribution in [3.05, 3.63) is 70.0 Å². The van der Waals surface area contributed by atoms with Crippen LogP contribution < -0.4 is 5.32 Å². The molecule has 0 saturated heterocycles. The Morgan fingerprint density at radius 1 is 1.20 bits per heavy atom. The van der Waals surface area contributed by atoms with Crippen LogP contribution in [0, 0.1) is 12.7 Å². The average Bonchev–Trinajstić information content (AvgIpc) is 2.45. The topological polar surface area (TPSA) is 12.0 Å². The molecule has 0 fully saturated rings. The molecule has 1 nitrogen and oxygen atoms in total. The summed E-state index contributed by atoms with van der Waals surface area (Å²) < 4.78 is 13.4. The van der Waals surface area contributed by atoms with E-state index in [0.29, 0.717) is 5.02 Å². The third-order valence-electron chi connectivity index (χ3n) is 3.65. The number of hydrogen-bond donors (Lipinski definition) is 1. The van der Waals surface area contributed by atoms with Crippen LogP contribution in [0.3, 0.4) is 0 Å². The first-order valence-electron chi connectivity index (χ1n) is 6.78. The Balaban J connectivity index is 2.13. The van der Waals surface area contributed by atoms with Gasteiger partial charge in [0.15, 0.2) is 0 Å². The first-order valence-corrected chi connectivity index (χ1v) is 7.16. The van der Waals surface area contributed by atoms with Crippen LogP contribution in [0.4, 0.5) is 4.39 Å². The van der Waals surface area contributed by atoms with Gasteiger partial charge >= 0.3 is 0 Å². The molecule has 1 atom stereocenters. The van der Waals surface area contributed by atoms with Crippen molar-refractivity contribution >= 4 is 11.6 Å². The Labute approximate surface area is 124 Å². The minimum absolute atomic E-state index is 0.0535. The summed E-state index contributed by atoms with van der Waals surface area (Å²) in [5, 5.41) is 3.83. The summed E-state index contributed by atoms with van der Waals surface area (Å²) in [5.74, 6) is -0.249. The summed E-state index contributed by atoms with van der Waals surface area (Å²) in [5.41, 5.74) is 3.43. The summed E-state index contributed by atoms with van der Waals surface area (Å²) in [7, 11) is 1.88. The smallest absolute Gasteiger partial charge is 0.123 e. The van der Waals surface area contributed by atoms with E-state index >= 15 is 0 Å². The van der Waals surface area contributed by atoms with Gasteiger partial charge in [-0.15, -0.1) is 0 Å². The third-order valence-corrected chi connectivity index (χ3v) is 3.99. The predicted molar refractivity (Wildman–Crippen MR) is 82.7 cm³/mol. The van der Waals surface area contributed by atoms with Gasteiger partial charge < -0.3 is 5.32 Å². The molecule has 0 aliphatic rings. The molecule has 0 bridgehead atoms. The SMILES string of the molecule is CNC(CCc1ccccc1C)c1cc(F)ccc1Cl. The van der Waals surface area contributed by atoms with Gasteiger partial charge in [-0.1, -0.05) is 35.9 Å². The average molecular weight is 292 g/mol. The molecule has 1 N–H and O–H groups in total. The van der Waals surface area contributed by atoms with Gasteiger partial charge in [-0.05, 0) is 61.7 Å². The first kappa shape index (κ1) is 15.0. The number of nitrogens with one attached hydrogen (secondary N) is 1. The van der Waals surface area contributed by atoms with Crippen LogP contribution in [0.5, 0.6) is 0 Å². The summed E-state index contributed by atoms with van der Waals surface area (Å²) in [6.07, 6.45) is 1.82. The zero-order valence-electron chi connectivity index (χ0n) is 11.8. The maximum Gasteiger partial charge on any atom is 0.123 e. The fourth-order valence-corrected chi connectivity index (χ4v) is 2.68. The van der Waals surface area contributed by atoms with Crippen molar-refractivity contribution < 1.29 is 4.39 Å². The standard InChI is InChI=1S/C17H19ClFN/c1-12-5-3-4-6-13(12)7-10-17(20-2)15-11-14(19)8-9-16(15)18/h3-6,8-9,11,17,20H,7,10H2,1-2H3. The molecule has 0 saturated carbocycles. The largest absolute Gasteiger partial charge is 0.313 e. The van der Waals surface area contributed by atoms with Crippen molar-refractivity contribution in [3.8, 4) is 0 Å². The van der Waals surface area contributed by atoms with E-state index in [1.54, 1.807) is 6.07 Å². The van der Waals surface area contributed by atoms with Gasteiger partial charge in [0.1, 0.15) is 5.82 Å². The molecule has 3 heteroatoms. The zero-order chi connectivity index (χ0) is 14.5. The molecule has 2 aromatic rings. The second kappa shape index (κ2) is 6.87. The number of rotatable bonds is 5. The van der Waals surface area contributed by atoms with E-state index in [4.69, 9.17) is 11.6 Å². The highest BCUT2D eigenvalue weighted by molar-refractivity contribution is 6.31. The molecule has 0 radical (unpaired) electrons. The lowest BCUT2D eigenvalue weighted by atomic mass is 9.97. The minimum Gasteiger partial charge on any atom is -0.313 e. The van der Waals surface area contributed by atoms with E-state index < -0.39 is 0 Å². The van der Waals surface area contributed by atoms with Crippen molar-refractivity contribution in [3.63, 3.8) is 0 Å². The fourth-order valence-electron chi connectivity index (χ4n) is 2.43. The monoisotopic (exact) mass is 291 g/mol. The molecular weight excluding hydrogens is 273 g/mol. The molecule has 0 aromatic heterocycles. The highest BCUT2D eigenvalue weighted by atomic mass is 35.5. The van der Waals surface area contributed by atoms with E-state index in [1.807, 2.05) is 19.2 Å². The maximum atomic E-state index is 13.4.